The summed E-state index contributed by atoms with van der Waals surface area (Å²) in [6.07, 6.45) is 1.75. The zero-order chi connectivity index (χ0) is 21.3. The molecule has 1 aliphatic rings. The average Bonchev–Trinajstić information content (AvgIpc) is 3.10. The maximum absolute atomic E-state index is 13.1. The lowest BCUT2D eigenvalue weighted by Gasteiger charge is -2.36. The fraction of sp³-hybridized carbons (Fsp3) is 0.375. The second kappa shape index (κ2) is 8.60. The van der Waals surface area contributed by atoms with Gasteiger partial charge in [-0.2, -0.15) is 0 Å². The van der Waals surface area contributed by atoms with E-state index >= 15 is 0 Å². The summed E-state index contributed by atoms with van der Waals surface area (Å²) < 4.78 is 5.32. The van der Waals surface area contributed by atoms with Crippen molar-refractivity contribution in [1.82, 2.24) is 15.2 Å². The highest BCUT2D eigenvalue weighted by molar-refractivity contribution is 6.31. The zero-order valence-electron chi connectivity index (χ0n) is 17.7. The molecule has 158 valence electrons. The van der Waals surface area contributed by atoms with E-state index in [-0.39, 0.29) is 12.1 Å². The van der Waals surface area contributed by atoms with E-state index in [9.17, 15) is 4.79 Å². The van der Waals surface area contributed by atoms with Gasteiger partial charge in [-0.1, -0.05) is 37.6 Å². The number of ether oxygens (including phenoxy) is 1. The fourth-order valence-electron chi connectivity index (χ4n) is 4.18. The largest absolute Gasteiger partial charge is 0.497 e. The number of urea groups is 1. The SMILES string of the molecule is COc1ccc([C@@H]2c3[nH]c4ccc(Cl)cc4c3CCN2C(=O)NCCC(C)C)cc1. The van der Waals surface area contributed by atoms with E-state index in [1.54, 1.807) is 7.11 Å². The van der Waals surface area contributed by atoms with Gasteiger partial charge in [-0.3, -0.25) is 0 Å². The highest BCUT2D eigenvalue weighted by Crippen LogP contribution is 2.39. The van der Waals surface area contributed by atoms with Gasteiger partial charge in [0.05, 0.1) is 13.2 Å². The highest BCUT2D eigenvalue weighted by Gasteiger charge is 2.34. The van der Waals surface area contributed by atoms with E-state index in [2.05, 4.69) is 24.1 Å². The van der Waals surface area contributed by atoms with Crippen molar-refractivity contribution in [3.63, 3.8) is 0 Å². The molecule has 4 rings (SSSR count). The minimum absolute atomic E-state index is 0.0289. The molecule has 0 spiro atoms. The molecule has 6 heteroatoms. The lowest BCUT2D eigenvalue weighted by atomic mass is 9.92. The first-order valence-electron chi connectivity index (χ1n) is 10.5. The smallest absolute Gasteiger partial charge is 0.318 e. The monoisotopic (exact) mass is 425 g/mol. The van der Waals surface area contributed by atoms with Crippen molar-refractivity contribution < 1.29 is 9.53 Å². The number of halogens is 1. The molecular formula is C24H28ClN3O2. The van der Waals surface area contributed by atoms with Crippen LogP contribution in [-0.4, -0.2) is 36.1 Å². The quantitative estimate of drug-likeness (QED) is 0.564. The van der Waals surface area contributed by atoms with Crippen molar-refractivity contribution in [1.29, 1.82) is 0 Å². The molecule has 0 bridgehead atoms. The Morgan fingerprint density at radius 1 is 1.27 bits per heavy atom. The number of nitrogens with zero attached hydrogens (tertiary/aromatic N) is 1. The summed E-state index contributed by atoms with van der Waals surface area (Å²) in [6, 6.07) is 13.6. The molecule has 1 atom stereocenters. The molecule has 1 aromatic heterocycles. The van der Waals surface area contributed by atoms with Crippen LogP contribution < -0.4 is 10.1 Å². The van der Waals surface area contributed by atoms with Crippen LogP contribution in [0, 0.1) is 5.92 Å². The number of carbonyl (C=O) groups excluding carboxylic acids is 1. The second-order valence-corrected chi connectivity index (χ2v) is 8.68. The summed E-state index contributed by atoms with van der Waals surface area (Å²) in [7, 11) is 1.66. The number of aromatic amines is 1. The molecule has 2 aromatic carbocycles. The van der Waals surface area contributed by atoms with E-state index in [0.29, 0.717) is 19.0 Å². The molecule has 2 heterocycles. The second-order valence-electron chi connectivity index (χ2n) is 8.24. The van der Waals surface area contributed by atoms with Crippen LogP contribution in [0.4, 0.5) is 4.79 Å². The number of hydrogen-bond donors (Lipinski definition) is 2. The minimum Gasteiger partial charge on any atom is -0.497 e. The van der Waals surface area contributed by atoms with Gasteiger partial charge in [0.1, 0.15) is 5.75 Å². The molecule has 0 saturated heterocycles. The summed E-state index contributed by atoms with van der Waals surface area (Å²) in [4.78, 5) is 18.6. The molecule has 0 fully saturated rings. The number of rotatable bonds is 5. The van der Waals surface area contributed by atoms with Crippen molar-refractivity contribution in [2.24, 2.45) is 5.92 Å². The first-order valence-corrected chi connectivity index (χ1v) is 10.8. The number of methoxy groups -OCH3 is 1. The number of amides is 2. The number of nitrogens with one attached hydrogen (secondary N) is 2. The van der Waals surface area contributed by atoms with Crippen molar-refractivity contribution >= 4 is 28.5 Å². The molecule has 30 heavy (non-hydrogen) atoms. The Morgan fingerprint density at radius 3 is 2.73 bits per heavy atom. The van der Waals surface area contributed by atoms with Gasteiger partial charge >= 0.3 is 6.03 Å². The standard InChI is InChI=1S/C24H28ClN3O2/c1-15(2)10-12-26-24(29)28-13-11-19-20-14-17(25)6-9-21(20)27-22(19)23(28)16-4-7-18(30-3)8-5-16/h4-9,14-15,23,27H,10-13H2,1-3H3,(H,26,29)/t23-/m1/s1. The van der Waals surface area contributed by atoms with Gasteiger partial charge in [0, 0.05) is 34.7 Å². The van der Waals surface area contributed by atoms with Crippen LogP contribution in [0.15, 0.2) is 42.5 Å². The predicted molar refractivity (Wildman–Crippen MR) is 121 cm³/mol. The molecule has 0 saturated carbocycles. The minimum atomic E-state index is -0.190. The number of benzene rings is 2. The van der Waals surface area contributed by atoms with Crippen LogP contribution in [0.5, 0.6) is 5.75 Å². The Hall–Kier alpha value is -2.66. The van der Waals surface area contributed by atoms with E-state index < -0.39 is 0 Å². The molecule has 2 N–H and O–H groups in total. The maximum atomic E-state index is 13.1. The van der Waals surface area contributed by atoms with E-state index in [1.165, 1.54) is 5.56 Å². The van der Waals surface area contributed by atoms with E-state index in [1.807, 2.05) is 47.4 Å². The van der Waals surface area contributed by atoms with Crippen molar-refractivity contribution in [2.45, 2.75) is 32.7 Å². The van der Waals surface area contributed by atoms with Gasteiger partial charge in [-0.15, -0.1) is 0 Å². The number of hydrogen-bond acceptors (Lipinski definition) is 2. The predicted octanol–water partition coefficient (Wildman–Crippen LogP) is 5.53. The van der Waals surface area contributed by atoms with Gasteiger partial charge in [0.25, 0.3) is 0 Å². The number of H-pyrrole nitrogens is 1. The molecule has 0 unspecified atom stereocenters. The zero-order valence-corrected chi connectivity index (χ0v) is 18.4. The average molecular weight is 426 g/mol. The third-order valence-electron chi connectivity index (χ3n) is 5.78. The maximum Gasteiger partial charge on any atom is 0.318 e. The molecule has 5 nitrogen and oxygen atoms in total. The summed E-state index contributed by atoms with van der Waals surface area (Å²) >= 11 is 6.26. The van der Waals surface area contributed by atoms with Crippen molar-refractivity contribution in [2.75, 3.05) is 20.2 Å². The summed E-state index contributed by atoms with van der Waals surface area (Å²) in [5.74, 6) is 1.35. The molecule has 0 radical (unpaired) electrons. The normalized spacial score (nSPS) is 16.0. The Bertz CT molecular complexity index is 1040. The number of aromatic nitrogens is 1. The van der Waals surface area contributed by atoms with Crippen LogP contribution in [-0.2, 0) is 6.42 Å². The van der Waals surface area contributed by atoms with Gasteiger partial charge < -0.3 is 19.9 Å². The van der Waals surface area contributed by atoms with E-state index in [4.69, 9.17) is 16.3 Å². The number of fused-ring (bicyclic) bond motifs is 3. The first kappa shape index (κ1) is 20.6. The fourth-order valence-corrected chi connectivity index (χ4v) is 4.35. The summed E-state index contributed by atoms with van der Waals surface area (Å²) in [5.41, 5.74) is 4.39. The third-order valence-corrected chi connectivity index (χ3v) is 6.01. The van der Waals surface area contributed by atoms with Gasteiger partial charge in [0.2, 0.25) is 0 Å². The molecule has 0 aliphatic carbocycles. The van der Waals surface area contributed by atoms with Crippen LogP contribution in [0.3, 0.4) is 0 Å². The van der Waals surface area contributed by atoms with Crippen molar-refractivity contribution in [3.05, 3.63) is 64.3 Å². The van der Waals surface area contributed by atoms with Crippen molar-refractivity contribution in [3.8, 4) is 5.75 Å². The summed E-state index contributed by atoms with van der Waals surface area (Å²) in [5, 5.41) is 4.96. The lowest BCUT2D eigenvalue weighted by molar-refractivity contribution is 0.179. The Morgan fingerprint density at radius 2 is 2.03 bits per heavy atom. The molecule has 1 aliphatic heterocycles. The number of carbonyl (C=O) groups is 1. The highest BCUT2D eigenvalue weighted by atomic mass is 35.5. The van der Waals surface area contributed by atoms with E-state index in [0.717, 1.165) is 45.8 Å². The molecule has 2 amide bonds. The van der Waals surface area contributed by atoms with Gasteiger partial charge in [-0.25, -0.2) is 4.79 Å². The third kappa shape index (κ3) is 3.99. The van der Waals surface area contributed by atoms with Crippen LogP contribution in [0.2, 0.25) is 5.02 Å². The summed E-state index contributed by atoms with van der Waals surface area (Å²) in [6.45, 7) is 5.65. The van der Waals surface area contributed by atoms with Crippen LogP contribution in [0.1, 0.15) is 43.1 Å². The Kier molecular flexibility index (Phi) is 5.91. The Balaban J connectivity index is 1.74. The lowest BCUT2D eigenvalue weighted by Crippen LogP contribution is -2.46. The topological polar surface area (TPSA) is 57.4 Å². The Labute approximate surface area is 182 Å². The molecular weight excluding hydrogens is 398 g/mol. The van der Waals surface area contributed by atoms with Crippen LogP contribution in [0.25, 0.3) is 10.9 Å². The molecule has 3 aromatic rings. The van der Waals surface area contributed by atoms with Crippen LogP contribution >= 0.6 is 11.6 Å². The van der Waals surface area contributed by atoms with Gasteiger partial charge in [-0.05, 0) is 60.2 Å². The first-order chi connectivity index (χ1) is 14.5. The van der Waals surface area contributed by atoms with Gasteiger partial charge in [0.15, 0.2) is 0 Å².